The first-order chi connectivity index (χ1) is 9.72. The van der Waals surface area contributed by atoms with Crippen molar-refractivity contribution in [2.45, 2.75) is 6.92 Å². The molecule has 20 heavy (non-hydrogen) atoms. The minimum atomic E-state index is 0.257. The van der Waals surface area contributed by atoms with Gasteiger partial charge in [-0.25, -0.2) is 19.9 Å². The zero-order valence-corrected chi connectivity index (χ0v) is 11.3. The van der Waals surface area contributed by atoms with E-state index in [2.05, 4.69) is 24.8 Å². The second kappa shape index (κ2) is 5.38. The third-order valence-electron chi connectivity index (χ3n) is 3.10. The van der Waals surface area contributed by atoms with Crippen molar-refractivity contribution < 1.29 is 4.74 Å². The van der Waals surface area contributed by atoms with Gasteiger partial charge < -0.3 is 15.4 Å². The van der Waals surface area contributed by atoms with Gasteiger partial charge >= 0.3 is 0 Å². The van der Waals surface area contributed by atoms with Crippen LogP contribution in [0.1, 0.15) is 5.69 Å². The quantitative estimate of drug-likeness (QED) is 0.858. The number of hydrogen-bond acceptors (Lipinski definition) is 7. The van der Waals surface area contributed by atoms with Crippen molar-refractivity contribution in [3.63, 3.8) is 0 Å². The predicted octanol–water partition coefficient (Wildman–Crippen LogP) is 0.661. The van der Waals surface area contributed by atoms with Crippen LogP contribution in [0.25, 0.3) is 11.3 Å². The van der Waals surface area contributed by atoms with E-state index in [4.69, 9.17) is 10.5 Å². The molecule has 2 aromatic heterocycles. The molecule has 0 amide bonds. The summed E-state index contributed by atoms with van der Waals surface area (Å²) in [5, 5.41) is 0. The Balaban J connectivity index is 1.95. The van der Waals surface area contributed by atoms with E-state index < -0.39 is 0 Å². The zero-order valence-electron chi connectivity index (χ0n) is 11.3. The van der Waals surface area contributed by atoms with E-state index >= 15 is 0 Å². The summed E-state index contributed by atoms with van der Waals surface area (Å²) in [6.07, 6.45) is 3.35. The summed E-state index contributed by atoms with van der Waals surface area (Å²) in [5.74, 6) is 0.980. The Labute approximate surface area is 116 Å². The number of ether oxygens (including phenoxy) is 1. The SMILES string of the molecule is Cc1cc(-c2cnc(N)nc2)nc(N2CCOCC2)n1. The summed E-state index contributed by atoms with van der Waals surface area (Å²) < 4.78 is 5.35. The molecule has 3 heterocycles. The molecule has 1 fully saturated rings. The number of anilines is 2. The third kappa shape index (κ3) is 2.67. The lowest BCUT2D eigenvalue weighted by molar-refractivity contribution is 0.122. The summed E-state index contributed by atoms with van der Waals surface area (Å²) in [6, 6.07) is 1.92. The summed E-state index contributed by atoms with van der Waals surface area (Å²) in [4.78, 5) is 19.2. The molecule has 7 nitrogen and oxygen atoms in total. The summed E-state index contributed by atoms with van der Waals surface area (Å²) in [6.45, 7) is 4.98. The number of nitrogen functional groups attached to an aromatic ring is 1. The normalized spacial score (nSPS) is 15.3. The maximum absolute atomic E-state index is 5.50. The van der Waals surface area contributed by atoms with E-state index in [1.54, 1.807) is 12.4 Å². The third-order valence-corrected chi connectivity index (χ3v) is 3.10. The van der Waals surface area contributed by atoms with Gasteiger partial charge in [0, 0.05) is 36.7 Å². The van der Waals surface area contributed by atoms with Crippen molar-refractivity contribution in [2.24, 2.45) is 0 Å². The largest absolute Gasteiger partial charge is 0.378 e. The van der Waals surface area contributed by atoms with Crippen LogP contribution in [0.2, 0.25) is 0 Å². The summed E-state index contributed by atoms with van der Waals surface area (Å²) in [7, 11) is 0. The highest BCUT2D eigenvalue weighted by molar-refractivity contribution is 5.59. The molecule has 0 unspecified atom stereocenters. The second-order valence-corrected chi connectivity index (χ2v) is 4.62. The van der Waals surface area contributed by atoms with Crippen LogP contribution in [0.4, 0.5) is 11.9 Å². The molecule has 1 aliphatic rings. The molecule has 1 aliphatic heterocycles. The van der Waals surface area contributed by atoms with Crippen LogP contribution in [-0.2, 0) is 4.74 Å². The highest BCUT2D eigenvalue weighted by Crippen LogP contribution is 2.20. The van der Waals surface area contributed by atoms with Crippen molar-refractivity contribution in [3.05, 3.63) is 24.2 Å². The number of nitrogens with two attached hydrogens (primary N) is 1. The van der Waals surface area contributed by atoms with Gasteiger partial charge in [0.05, 0.1) is 18.9 Å². The molecule has 0 bridgehead atoms. The monoisotopic (exact) mass is 272 g/mol. The Morgan fingerprint density at radius 1 is 1.15 bits per heavy atom. The topological polar surface area (TPSA) is 90.0 Å². The maximum Gasteiger partial charge on any atom is 0.226 e. The van der Waals surface area contributed by atoms with Crippen LogP contribution in [0, 0.1) is 6.92 Å². The Kier molecular flexibility index (Phi) is 3.42. The standard InChI is InChI=1S/C13H16N6O/c1-9-6-11(10-7-15-12(14)16-8-10)18-13(17-9)19-2-4-20-5-3-19/h6-8H,2-5H2,1H3,(H2,14,15,16). The average Bonchev–Trinajstić information content (AvgIpc) is 2.48. The molecule has 2 aromatic rings. The molecule has 0 saturated carbocycles. The van der Waals surface area contributed by atoms with Crippen molar-refractivity contribution in [2.75, 3.05) is 36.9 Å². The van der Waals surface area contributed by atoms with Crippen LogP contribution in [0.15, 0.2) is 18.5 Å². The van der Waals surface area contributed by atoms with Gasteiger partial charge in [0.15, 0.2) is 0 Å². The van der Waals surface area contributed by atoms with Gasteiger partial charge in [-0.05, 0) is 13.0 Å². The van der Waals surface area contributed by atoms with Gasteiger partial charge in [0.1, 0.15) is 0 Å². The van der Waals surface area contributed by atoms with Crippen LogP contribution in [0.5, 0.6) is 0 Å². The van der Waals surface area contributed by atoms with Gasteiger partial charge in [-0.3, -0.25) is 0 Å². The number of hydrogen-bond donors (Lipinski definition) is 1. The molecule has 104 valence electrons. The fourth-order valence-corrected chi connectivity index (χ4v) is 2.08. The van der Waals surface area contributed by atoms with E-state index in [1.807, 2.05) is 13.0 Å². The molecule has 0 atom stereocenters. The Bertz CT molecular complexity index is 594. The van der Waals surface area contributed by atoms with Crippen molar-refractivity contribution in [1.82, 2.24) is 19.9 Å². The Morgan fingerprint density at radius 3 is 2.55 bits per heavy atom. The number of rotatable bonds is 2. The van der Waals surface area contributed by atoms with Gasteiger partial charge in [-0.1, -0.05) is 0 Å². The molecule has 3 rings (SSSR count). The number of aromatic nitrogens is 4. The molecule has 2 N–H and O–H groups in total. The van der Waals surface area contributed by atoms with E-state index in [1.165, 1.54) is 0 Å². The number of morpholine rings is 1. The van der Waals surface area contributed by atoms with Gasteiger partial charge in [0.2, 0.25) is 11.9 Å². The number of aryl methyl sites for hydroxylation is 1. The second-order valence-electron chi connectivity index (χ2n) is 4.62. The molecular weight excluding hydrogens is 256 g/mol. The molecule has 0 aliphatic carbocycles. The van der Waals surface area contributed by atoms with Gasteiger partial charge in [0.25, 0.3) is 0 Å². The minimum absolute atomic E-state index is 0.257. The molecular formula is C13H16N6O. The fourth-order valence-electron chi connectivity index (χ4n) is 2.08. The van der Waals surface area contributed by atoms with E-state index in [0.29, 0.717) is 13.2 Å². The predicted molar refractivity (Wildman–Crippen MR) is 75.2 cm³/mol. The minimum Gasteiger partial charge on any atom is -0.378 e. The first kappa shape index (κ1) is 12.7. The molecule has 0 spiro atoms. The number of nitrogens with zero attached hydrogens (tertiary/aromatic N) is 5. The molecule has 7 heteroatoms. The lowest BCUT2D eigenvalue weighted by atomic mass is 10.2. The Morgan fingerprint density at radius 2 is 1.85 bits per heavy atom. The molecule has 0 aromatic carbocycles. The Hall–Kier alpha value is -2.28. The first-order valence-corrected chi connectivity index (χ1v) is 6.48. The highest BCUT2D eigenvalue weighted by atomic mass is 16.5. The van der Waals surface area contributed by atoms with Crippen molar-refractivity contribution in [3.8, 4) is 11.3 Å². The van der Waals surface area contributed by atoms with Crippen LogP contribution >= 0.6 is 0 Å². The van der Waals surface area contributed by atoms with Gasteiger partial charge in [-0.2, -0.15) is 0 Å². The van der Waals surface area contributed by atoms with Crippen molar-refractivity contribution >= 4 is 11.9 Å². The van der Waals surface area contributed by atoms with Crippen molar-refractivity contribution in [1.29, 1.82) is 0 Å². The fraction of sp³-hybridized carbons (Fsp3) is 0.385. The maximum atomic E-state index is 5.50. The summed E-state index contributed by atoms with van der Waals surface area (Å²) in [5.41, 5.74) is 8.05. The molecule has 1 saturated heterocycles. The van der Waals surface area contributed by atoms with Crippen LogP contribution < -0.4 is 10.6 Å². The smallest absolute Gasteiger partial charge is 0.226 e. The molecule has 0 radical (unpaired) electrons. The van der Waals surface area contributed by atoms with E-state index in [-0.39, 0.29) is 5.95 Å². The van der Waals surface area contributed by atoms with E-state index in [0.717, 1.165) is 36.0 Å². The van der Waals surface area contributed by atoms with Gasteiger partial charge in [-0.15, -0.1) is 0 Å². The van der Waals surface area contributed by atoms with E-state index in [9.17, 15) is 0 Å². The highest BCUT2D eigenvalue weighted by Gasteiger charge is 2.15. The first-order valence-electron chi connectivity index (χ1n) is 6.48. The lowest BCUT2D eigenvalue weighted by Crippen LogP contribution is -2.37. The van der Waals surface area contributed by atoms with Crippen LogP contribution in [0.3, 0.4) is 0 Å². The average molecular weight is 272 g/mol. The van der Waals surface area contributed by atoms with Crippen LogP contribution in [-0.4, -0.2) is 46.2 Å². The zero-order chi connectivity index (χ0) is 13.9. The lowest BCUT2D eigenvalue weighted by Gasteiger charge is -2.27. The summed E-state index contributed by atoms with van der Waals surface area (Å²) >= 11 is 0.